The first-order chi connectivity index (χ1) is 16.4. The van der Waals surface area contributed by atoms with Crippen LogP contribution in [0.2, 0.25) is 0 Å². The molecule has 0 amide bonds. The van der Waals surface area contributed by atoms with Gasteiger partial charge in [0.05, 0.1) is 0 Å². The van der Waals surface area contributed by atoms with Gasteiger partial charge in [0, 0.05) is 44.7 Å². The lowest BCUT2D eigenvalue weighted by atomic mass is 9.82. The highest BCUT2D eigenvalue weighted by atomic mass is 19.1. The maximum atomic E-state index is 14.1. The molecule has 0 bridgehead atoms. The lowest BCUT2D eigenvalue weighted by Crippen LogP contribution is -2.58. The number of rotatable bonds is 5. The Bertz CT molecular complexity index is 1230. The minimum atomic E-state index is -0.817. The van der Waals surface area contributed by atoms with Gasteiger partial charge in [-0.2, -0.15) is 0 Å². The fourth-order valence-corrected chi connectivity index (χ4v) is 5.57. The van der Waals surface area contributed by atoms with Crippen LogP contribution in [0, 0.1) is 18.6 Å². The van der Waals surface area contributed by atoms with Crippen LogP contribution in [0.25, 0.3) is 0 Å². The number of halogens is 2. The van der Waals surface area contributed by atoms with Crippen LogP contribution in [0.5, 0.6) is 0 Å². The number of hydrogen-bond donors (Lipinski definition) is 0. The van der Waals surface area contributed by atoms with Crippen LogP contribution in [0.3, 0.4) is 0 Å². The zero-order chi connectivity index (χ0) is 23.9. The molecule has 5 heteroatoms. The van der Waals surface area contributed by atoms with Crippen molar-refractivity contribution in [3.63, 3.8) is 0 Å². The lowest BCUT2D eigenvalue weighted by molar-refractivity contribution is 0.0287. The molecule has 1 fully saturated rings. The van der Waals surface area contributed by atoms with Crippen molar-refractivity contribution in [3.8, 4) is 0 Å². The Kier molecular flexibility index (Phi) is 6.09. The van der Waals surface area contributed by atoms with Crippen LogP contribution in [0.1, 0.15) is 45.1 Å². The van der Waals surface area contributed by atoms with Gasteiger partial charge < -0.3 is 0 Å². The summed E-state index contributed by atoms with van der Waals surface area (Å²) in [7, 11) is 0. The maximum Gasteiger partial charge on any atom is 0.188 e. The van der Waals surface area contributed by atoms with Gasteiger partial charge in [0.1, 0.15) is 17.2 Å². The molecule has 34 heavy (non-hydrogen) atoms. The van der Waals surface area contributed by atoms with Gasteiger partial charge in [0.25, 0.3) is 0 Å². The van der Waals surface area contributed by atoms with Crippen molar-refractivity contribution in [1.82, 2.24) is 9.80 Å². The SMILES string of the molecule is CCc1cccc(C2(N3CCN(Cc4cc(F)ccc4C)CC3)Cc3cc(F)ccc3C2=O)c1. The second kappa shape index (κ2) is 9.05. The molecule has 1 atom stereocenters. The number of hydrogen-bond acceptors (Lipinski definition) is 3. The fourth-order valence-electron chi connectivity index (χ4n) is 5.57. The van der Waals surface area contributed by atoms with Gasteiger partial charge in [-0.25, -0.2) is 8.78 Å². The summed E-state index contributed by atoms with van der Waals surface area (Å²) in [6, 6.07) is 17.8. The molecule has 0 N–H and O–H groups in total. The van der Waals surface area contributed by atoms with Gasteiger partial charge in [-0.3, -0.25) is 14.6 Å². The van der Waals surface area contributed by atoms with Crippen molar-refractivity contribution in [1.29, 1.82) is 0 Å². The first-order valence-electron chi connectivity index (χ1n) is 12.1. The monoisotopic (exact) mass is 460 g/mol. The molecule has 1 saturated heterocycles. The molecular formula is C29H30F2N2O. The topological polar surface area (TPSA) is 23.6 Å². The second-order valence-corrected chi connectivity index (χ2v) is 9.56. The zero-order valence-electron chi connectivity index (χ0n) is 19.8. The Hall–Kier alpha value is -2.89. The number of aryl methyl sites for hydroxylation is 2. The van der Waals surface area contributed by atoms with Crippen molar-refractivity contribution in [2.45, 2.75) is 38.8 Å². The maximum absolute atomic E-state index is 14.1. The van der Waals surface area contributed by atoms with E-state index in [9.17, 15) is 13.6 Å². The second-order valence-electron chi connectivity index (χ2n) is 9.56. The molecule has 1 aliphatic heterocycles. The number of piperazine rings is 1. The van der Waals surface area contributed by atoms with E-state index in [4.69, 9.17) is 0 Å². The zero-order valence-corrected chi connectivity index (χ0v) is 19.8. The van der Waals surface area contributed by atoms with E-state index in [1.54, 1.807) is 12.1 Å². The number of carbonyl (C=O) groups is 1. The molecule has 2 aliphatic rings. The van der Waals surface area contributed by atoms with Crippen LogP contribution in [-0.2, 0) is 24.9 Å². The van der Waals surface area contributed by atoms with E-state index in [1.165, 1.54) is 23.8 Å². The smallest absolute Gasteiger partial charge is 0.188 e. The van der Waals surface area contributed by atoms with Crippen molar-refractivity contribution in [2.24, 2.45) is 0 Å². The summed E-state index contributed by atoms with van der Waals surface area (Å²) in [5.41, 5.74) is 4.85. The van der Waals surface area contributed by atoms with Crippen LogP contribution in [0.15, 0.2) is 60.7 Å². The summed E-state index contributed by atoms with van der Waals surface area (Å²) < 4.78 is 27.8. The number of ketones is 1. The molecule has 1 unspecified atom stereocenters. The molecule has 1 heterocycles. The lowest BCUT2D eigenvalue weighted by Gasteiger charge is -2.45. The largest absolute Gasteiger partial charge is 0.297 e. The van der Waals surface area contributed by atoms with Gasteiger partial charge in [0.15, 0.2) is 5.78 Å². The molecule has 1 aliphatic carbocycles. The molecule has 3 nitrogen and oxygen atoms in total. The van der Waals surface area contributed by atoms with E-state index in [1.807, 2.05) is 25.1 Å². The summed E-state index contributed by atoms with van der Waals surface area (Å²) in [4.78, 5) is 18.6. The predicted molar refractivity (Wildman–Crippen MR) is 130 cm³/mol. The summed E-state index contributed by atoms with van der Waals surface area (Å²) in [6.45, 7) is 7.80. The number of carbonyl (C=O) groups excluding carboxylic acids is 1. The minimum absolute atomic E-state index is 0.0603. The molecule has 3 aromatic rings. The molecule has 0 spiro atoms. The molecular weight excluding hydrogens is 430 g/mol. The highest BCUT2D eigenvalue weighted by Gasteiger charge is 2.51. The fraction of sp³-hybridized carbons (Fsp3) is 0.345. The quantitative estimate of drug-likeness (QED) is 0.517. The Morgan fingerprint density at radius 2 is 1.65 bits per heavy atom. The summed E-state index contributed by atoms with van der Waals surface area (Å²) >= 11 is 0. The minimum Gasteiger partial charge on any atom is -0.297 e. The van der Waals surface area contributed by atoms with Gasteiger partial charge in [-0.05, 0) is 71.5 Å². The Balaban J connectivity index is 1.44. The van der Waals surface area contributed by atoms with E-state index in [-0.39, 0.29) is 17.4 Å². The van der Waals surface area contributed by atoms with Gasteiger partial charge in [-0.15, -0.1) is 0 Å². The summed E-state index contributed by atoms with van der Waals surface area (Å²) in [6.07, 6.45) is 1.37. The van der Waals surface area contributed by atoms with Crippen molar-refractivity contribution >= 4 is 5.78 Å². The average Bonchev–Trinajstić information content (AvgIpc) is 3.14. The van der Waals surface area contributed by atoms with Gasteiger partial charge in [0.2, 0.25) is 0 Å². The summed E-state index contributed by atoms with van der Waals surface area (Å²) in [5.74, 6) is -0.458. The van der Waals surface area contributed by atoms with Crippen molar-refractivity contribution in [3.05, 3.63) is 106 Å². The Morgan fingerprint density at radius 3 is 2.41 bits per heavy atom. The predicted octanol–water partition coefficient (Wildman–Crippen LogP) is 5.29. The molecule has 176 valence electrons. The van der Waals surface area contributed by atoms with E-state index in [2.05, 4.69) is 28.9 Å². The molecule has 5 rings (SSSR count). The first kappa shape index (κ1) is 22.9. The highest BCUT2D eigenvalue weighted by Crippen LogP contribution is 2.43. The van der Waals surface area contributed by atoms with Crippen molar-refractivity contribution < 1.29 is 13.6 Å². The van der Waals surface area contributed by atoms with Crippen LogP contribution in [-0.4, -0.2) is 41.8 Å². The van der Waals surface area contributed by atoms with E-state index >= 15 is 0 Å². The van der Waals surface area contributed by atoms with Crippen LogP contribution >= 0.6 is 0 Å². The molecule has 3 aromatic carbocycles. The van der Waals surface area contributed by atoms with E-state index < -0.39 is 5.54 Å². The van der Waals surface area contributed by atoms with Gasteiger partial charge >= 0.3 is 0 Å². The Labute approximate surface area is 200 Å². The number of benzene rings is 3. The molecule has 0 radical (unpaired) electrons. The molecule has 0 aromatic heterocycles. The van der Waals surface area contributed by atoms with Crippen molar-refractivity contribution in [2.75, 3.05) is 26.2 Å². The number of nitrogens with zero attached hydrogens (tertiary/aromatic N) is 2. The number of Topliss-reactive ketones (excluding diaryl/α,β-unsaturated/α-hetero) is 1. The third-order valence-electron chi connectivity index (χ3n) is 7.56. The number of fused-ring (bicyclic) bond motifs is 1. The molecule has 0 saturated carbocycles. The Morgan fingerprint density at radius 1 is 0.912 bits per heavy atom. The highest BCUT2D eigenvalue weighted by molar-refractivity contribution is 6.08. The average molecular weight is 461 g/mol. The van der Waals surface area contributed by atoms with E-state index in [0.29, 0.717) is 31.6 Å². The summed E-state index contributed by atoms with van der Waals surface area (Å²) in [5, 5.41) is 0. The van der Waals surface area contributed by atoms with Gasteiger partial charge in [-0.1, -0.05) is 37.3 Å². The third-order valence-corrected chi connectivity index (χ3v) is 7.56. The normalized spacial score (nSPS) is 21.1. The van der Waals surface area contributed by atoms with Crippen LogP contribution in [0.4, 0.5) is 8.78 Å². The van der Waals surface area contributed by atoms with E-state index in [0.717, 1.165) is 41.8 Å². The standard InChI is InChI=1S/C29H30F2N2O/c1-3-21-5-4-6-24(15-21)29(18-22-16-26(31)9-10-27(22)28(29)34)33-13-11-32(12-14-33)19-23-17-25(30)8-7-20(23)2/h4-10,15-17H,3,11-14,18-19H2,1-2H3. The van der Waals surface area contributed by atoms with Crippen LogP contribution < -0.4 is 0 Å². The third kappa shape index (κ3) is 3.97. The first-order valence-corrected chi connectivity index (χ1v) is 12.1.